The molecule has 0 spiro atoms. The molecule has 0 amide bonds. The molecule has 166 valence electrons. The minimum Gasteiger partial charge on any atom is -0.459 e. The predicted octanol–water partition coefficient (Wildman–Crippen LogP) is 5.34. The molecule has 4 rings (SSSR count). The Balaban J connectivity index is 1.77. The maximum Gasteiger partial charge on any atom is 0.328 e. The number of hydrogen-bond donors (Lipinski definition) is 0. The molecule has 0 bridgehead atoms. The van der Waals surface area contributed by atoms with Gasteiger partial charge < -0.3 is 9.47 Å². The Morgan fingerprint density at radius 1 is 1.16 bits per heavy atom. The van der Waals surface area contributed by atoms with E-state index in [-0.39, 0.29) is 31.0 Å². The first kappa shape index (κ1) is 22.7. The summed E-state index contributed by atoms with van der Waals surface area (Å²) in [5.41, 5.74) is -0.0991. The second-order valence-electron chi connectivity index (χ2n) is 8.36. The van der Waals surface area contributed by atoms with Crippen LogP contribution in [0.3, 0.4) is 0 Å². The Bertz CT molecular complexity index is 1230. The molecule has 0 radical (unpaired) electrons. The maximum atomic E-state index is 13.8. The lowest BCUT2D eigenvalue weighted by Gasteiger charge is -2.36. The van der Waals surface area contributed by atoms with Crippen molar-refractivity contribution < 1.29 is 22.7 Å². The lowest BCUT2D eigenvalue weighted by atomic mass is 9.99. The van der Waals surface area contributed by atoms with Crippen LogP contribution in [0.25, 0.3) is 20.1 Å². The van der Waals surface area contributed by atoms with Crippen LogP contribution in [0.4, 0.5) is 0 Å². The molecule has 0 unspecified atom stereocenters. The van der Waals surface area contributed by atoms with E-state index in [0.29, 0.717) is 9.85 Å². The van der Waals surface area contributed by atoms with Crippen molar-refractivity contribution in [3.05, 3.63) is 34.7 Å². The molecule has 0 N–H and O–H groups in total. The summed E-state index contributed by atoms with van der Waals surface area (Å²) >= 11 is 8.84. The Kier molecular flexibility index (Phi) is 5.93. The van der Waals surface area contributed by atoms with Crippen molar-refractivity contribution in [3.63, 3.8) is 0 Å². The summed E-state index contributed by atoms with van der Waals surface area (Å²) in [5.74, 6) is -0.721. The standard InChI is InChI=1S/C21H22ClNO5S3/c1-20(2,3)28-19(24)21(8-10-27-11-9-21)31(25,26)13-4-5-14-16(12-13)30-18(23-14)15-6-7-17(22)29-15/h4-7,12H,8-11H2,1-3H3. The van der Waals surface area contributed by atoms with E-state index < -0.39 is 26.2 Å². The van der Waals surface area contributed by atoms with Crippen LogP contribution in [0.15, 0.2) is 35.2 Å². The molecule has 0 saturated carbocycles. The molecule has 1 aliphatic heterocycles. The molecule has 0 aliphatic carbocycles. The van der Waals surface area contributed by atoms with Crippen molar-refractivity contribution in [3.8, 4) is 9.88 Å². The molecule has 0 atom stereocenters. The zero-order chi connectivity index (χ0) is 22.4. The van der Waals surface area contributed by atoms with Gasteiger partial charge in [-0.2, -0.15) is 0 Å². The van der Waals surface area contributed by atoms with Crippen molar-refractivity contribution in [1.29, 1.82) is 0 Å². The van der Waals surface area contributed by atoms with Crippen LogP contribution in [0, 0.1) is 0 Å². The fourth-order valence-corrected chi connectivity index (χ4v) is 7.60. The molecule has 2 aromatic heterocycles. The topological polar surface area (TPSA) is 82.6 Å². The summed E-state index contributed by atoms with van der Waals surface area (Å²) in [6.07, 6.45) is 0.119. The first-order valence-electron chi connectivity index (χ1n) is 9.74. The minimum atomic E-state index is -4.03. The first-order chi connectivity index (χ1) is 14.5. The molecule has 3 heterocycles. The second kappa shape index (κ2) is 8.12. The average molecular weight is 500 g/mol. The molecule has 1 aromatic carbocycles. The number of carbonyl (C=O) groups excluding carboxylic acids is 1. The highest BCUT2D eigenvalue weighted by molar-refractivity contribution is 7.93. The fourth-order valence-electron chi connectivity index (χ4n) is 3.49. The number of hydrogen-bond acceptors (Lipinski definition) is 8. The van der Waals surface area contributed by atoms with Gasteiger partial charge in [0.25, 0.3) is 0 Å². The van der Waals surface area contributed by atoms with E-state index in [0.717, 1.165) is 14.6 Å². The maximum absolute atomic E-state index is 13.8. The van der Waals surface area contributed by atoms with Crippen molar-refractivity contribution in [2.45, 2.75) is 48.9 Å². The van der Waals surface area contributed by atoms with E-state index in [9.17, 15) is 13.2 Å². The summed E-state index contributed by atoms with van der Waals surface area (Å²) in [6.45, 7) is 5.56. The molecule has 3 aromatic rings. The quantitative estimate of drug-likeness (QED) is 0.450. The third kappa shape index (κ3) is 4.26. The Morgan fingerprint density at radius 3 is 2.48 bits per heavy atom. The number of thiazole rings is 1. The van der Waals surface area contributed by atoms with E-state index >= 15 is 0 Å². The molecule has 1 fully saturated rings. The third-order valence-electron chi connectivity index (χ3n) is 5.04. The summed E-state index contributed by atoms with van der Waals surface area (Å²) in [4.78, 5) is 18.7. The van der Waals surface area contributed by atoms with Gasteiger partial charge in [0.1, 0.15) is 10.6 Å². The number of thiophene rings is 1. The number of halogens is 1. The van der Waals surface area contributed by atoms with Gasteiger partial charge in [-0.1, -0.05) is 11.6 Å². The Morgan fingerprint density at radius 2 is 1.87 bits per heavy atom. The highest BCUT2D eigenvalue weighted by atomic mass is 35.5. The van der Waals surface area contributed by atoms with Crippen molar-refractivity contribution in [2.75, 3.05) is 13.2 Å². The number of aromatic nitrogens is 1. The fraction of sp³-hybridized carbons (Fsp3) is 0.429. The van der Waals surface area contributed by atoms with Gasteiger partial charge in [-0.05, 0) is 51.1 Å². The number of esters is 1. The van der Waals surface area contributed by atoms with E-state index in [1.807, 2.05) is 6.07 Å². The van der Waals surface area contributed by atoms with Crippen LogP contribution in [0.1, 0.15) is 33.6 Å². The van der Waals surface area contributed by atoms with Crippen LogP contribution < -0.4 is 0 Å². The van der Waals surface area contributed by atoms with Gasteiger partial charge >= 0.3 is 5.97 Å². The average Bonchev–Trinajstić information content (AvgIpc) is 3.32. The number of rotatable bonds is 4. The van der Waals surface area contributed by atoms with Crippen LogP contribution in [-0.4, -0.2) is 42.9 Å². The Hall–Kier alpha value is -1.52. The smallest absolute Gasteiger partial charge is 0.328 e. The Labute approximate surface area is 194 Å². The molecule has 6 nitrogen and oxygen atoms in total. The van der Waals surface area contributed by atoms with E-state index in [2.05, 4.69) is 4.98 Å². The number of nitrogens with zero attached hydrogens (tertiary/aromatic N) is 1. The molecule has 1 saturated heterocycles. The van der Waals surface area contributed by atoms with Gasteiger partial charge in [-0.3, -0.25) is 4.79 Å². The molecular formula is C21H22ClNO5S3. The minimum absolute atomic E-state index is 0.0594. The number of fused-ring (bicyclic) bond motifs is 1. The number of ether oxygens (including phenoxy) is 2. The monoisotopic (exact) mass is 499 g/mol. The summed E-state index contributed by atoms with van der Waals surface area (Å²) in [7, 11) is -4.03. The van der Waals surface area contributed by atoms with Gasteiger partial charge in [0.05, 0.1) is 24.3 Å². The zero-order valence-corrected chi connectivity index (χ0v) is 20.5. The van der Waals surface area contributed by atoms with Crippen molar-refractivity contribution in [1.82, 2.24) is 4.98 Å². The number of sulfone groups is 1. The van der Waals surface area contributed by atoms with Gasteiger partial charge in [0.15, 0.2) is 14.6 Å². The highest BCUT2D eigenvalue weighted by Gasteiger charge is 2.54. The summed E-state index contributed by atoms with van der Waals surface area (Å²) < 4.78 is 38.2. The van der Waals surface area contributed by atoms with Gasteiger partial charge in [-0.25, -0.2) is 13.4 Å². The van der Waals surface area contributed by atoms with Crippen LogP contribution >= 0.6 is 34.3 Å². The zero-order valence-electron chi connectivity index (χ0n) is 17.3. The van der Waals surface area contributed by atoms with E-state index in [4.69, 9.17) is 21.1 Å². The van der Waals surface area contributed by atoms with Gasteiger partial charge in [0, 0.05) is 26.1 Å². The second-order valence-corrected chi connectivity index (χ2v) is 13.4. The van der Waals surface area contributed by atoms with Crippen molar-refractivity contribution >= 4 is 60.3 Å². The van der Waals surface area contributed by atoms with Crippen LogP contribution in [0.2, 0.25) is 4.34 Å². The van der Waals surface area contributed by atoms with Crippen LogP contribution in [-0.2, 0) is 24.1 Å². The van der Waals surface area contributed by atoms with Crippen molar-refractivity contribution in [2.24, 2.45) is 0 Å². The lowest BCUT2D eigenvalue weighted by Crippen LogP contribution is -2.53. The van der Waals surface area contributed by atoms with Gasteiger partial charge in [0.2, 0.25) is 0 Å². The predicted molar refractivity (Wildman–Crippen MR) is 124 cm³/mol. The van der Waals surface area contributed by atoms with E-state index in [1.165, 1.54) is 28.7 Å². The molecule has 31 heavy (non-hydrogen) atoms. The SMILES string of the molecule is CC(C)(C)OC(=O)C1(S(=O)(=O)c2ccc3nc(-c4ccc(Cl)s4)sc3c2)CCOCC1. The van der Waals surface area contributed by atoms with E-state index in [1.54, 1.807) is 39.0 Å². The number of benzene rings is 1. The van der Waals surface area contributed by atoms with Crippen LogP contribution in [0.5, 0.6) is 0 Å². The highest BCUT2D eigenvalue weighted by Crippen LogP contribution is 2.40. The molecule has 1 aliphatic rings. The normalized spacial score (nSPS) is 17.0. The summed E-state index contributed by atoms with van der Waals surface area (Å²) in [5, 5.41) is 0.773. The number of carbonyl (C=O) groups is 1. The van der Waals surface area contributed by atoms with Gasteiger partial charge in [-0.15, -0.1) is 22.7 Å². The first-order valence-corrected chi connectivity index (χ1v) is 13.2. The molecular weight excluding hydrogens is 478 g/mol. The third-order valence-corrected chi connectivity index (χ3v) is 9.94. The summed E-state index contributed by atoms with van der Waals surface area (Å²) in [6, 6.07) is 8.49. The molecule has 10 heteroatoms. The lowest BCUT2D eigenvalue weighted by molar-refractivity contribution is -0.160. The largest absolute Gasteiger partial charge is 0.459 e.